The molecule has 0 radical (unpaired) electrons. The van der Waals surface area contributed by atoms with Crippen molar-refractivity contribution in [2.75, 3.05) is 0 Å². The zero-order chi connectivity index (χ0) is 17.1. The van der Waals surface area contributed by atoms with Gasteiger partial charge >= 0.3 is 0 Å². The Morgan fingerprint density at radius 2 is 1.58 bits per heavy atom. The number of phenols is 3. The Bertz CT molecular complexity index is 951. The smallest absolute Gasteiger partial charge is 0.275 e. The summed E-state index contributed by atoms with van der Waals surface area (Å²) in [4.78, 5) is 12.1. The van der Waals surface area contributed by atoms with Crippen molar-refractivity contribution in [3.8, 4) is 17.2 Å². The quantitative estimate of drug-likeness (QED) is 0.338. The number of carbonyl (C=O) groups excluding carboxylic acids is 1. The standard InChI is InChI=1S/C18H14N2O4/c21-15-6-5-11(7-17(15)23)10-19-20-18(24)14-8-12-3-1-2-4-13(12)9-16(14)22/h1-10,21-23H,(H,20,24)/b19-10-. The molecule has 1 amide bonds. The summed E-state index contributed by atoms with van der Waals surface area (Å²) in [6, 6.07) is 14.6. The van der Waals surface area contributed by atoms with E-state index in [1.165, 1.54) is 30.5 Å². The molecule has 0 heterocycles. The van der Waals surface area contributed by atoms with Crippen molar-refractivity contribution in [1.82, 2.24) is 5.43 Å². The van der Waals surface area contributed by atoms with Crippen molar-refractivity contribution >= 4 is 22.9 Å². The fourth-order valence-electron chi connectivity index (χ4n) is 2.26. The Hall–Kier alpha value is -3.54. The van der Waals surface area contributed by atoms with Crippen molar-refractivity contribution < 1.29 is 20.1 Å². The molecule has 0 atom stereocenters. The third-order valence-corrected chi connectivity index (χ3v) is 3.49. The van der Waals surface area contributed by atoms with Crippen LogP contribution in [0, 0.1) is 0 Å². The van der Waals surface area contributed by atoms with Crippen LogP contribution >= 0.6 is 0 Å². The summed E-state index contributed by atoms with van der Waals surface area (Å²) in [5.41, 5.74) is 2.92. The number of fused-ring (bicyclic) bond motifs is 1. The van der Waals surface area contributed by atoms with Crippen LogP contribution in [0.25, 0.3) is 10.8 Å². The monoisotopic (exact) mass is 322 g/mol. The normalized spacial score (nSPS) is 11.0. The molecular formula is C18H14N2O4. The number of nitrogens with zero attached hydrogens (tertiary/aromatic N) is 1. The number of carbonyl (C=O) groups is 1. The maximum absolute atomic E-state index is 12.1. The Morgan fingerprint density at radius 3 is 2.29 bits per heavy atom. The number of nitrogens with one attached hydrogen (secondary N) is 1. The number of benzene rings is 3. The van der Waals surface area contributed by atoms with E-state index in [4.69, 9.17) is 0 Å². The molecule has 0 fully saturated rings. The first kappa shape index (κ1) is 15.4. The largest absolute Gasteiger partial charge is 0.507 e. The van der Waals surface area contributed by atoms with Gasteiger partial charge in [0.05, 0.1) is 11.8 Å². The van der Waals surface area contributed by atoms with Crippen LogP contribution in [-0.2, 0) is 0 Å². The van der Waals surface area contributed by atoms with Crippen molar-refractivity contribution in [3.63, 3.8) is 0 Å². The van der Waals surface area contributed by atoms with Gasteiger partial charge in [-0.25, -0.2) is 5.43 Å². The highest BCUT2D eigenvalue weighted by Crippen LogP contribution is 2.25. The van der Waals surface area contributed by atoms with Gasteiger partial charge in [0.1, 0.15) is 5.75 Å². The first-order chi connectivity index (χ1) is 11.5. The van der Waals surface area contributed by atoms with Crippen LogP contribution < -0.4 is 5.43 Å². The predicted octanol–water partition coefficient (Wildman–Crippen LogP) is 2.72. The van der Waals surface area contributed by atoms with Crippen LogP contribution in [0.1, 0.15) is 15.9 Å². The molecule has 0 aliphatic carbocycles. The fourth-order valence-corrected chi connectivity index (χ4v) is 2.26. The summed E-state index contributed by atoms with van der Waals surface area (Å²) < 4.78 is 0. The number of amides is 1. The summed E-state index contributed by atoms with van der Waals surface area (Å²) in [6.07, 6.45) is 1.31. The third kappa shape index (κ3) is 3.12. The molecule has 0 saturated carbocycles. The fraction of sp³-hybridized carbons (Fsp3) is 0. The number of hydrogen-bond donors (Lipinski definition) is 4. The van der Waals surface area contributed by atoms with Crippen LogP contribution in [-0.4, -0.2) is 27.4 Å². The zero-order valence-corrected chi connectivity index (χ0v) is 12.5. The number of hydrogen-bond acceptors (Lipinski definition) is 5. The third-order valence-electron chi connectivity index (χ3n) is 3.49. The Morgan fingerprint density at radius 1 is 0.875 bits per heavy atom. The first-order valence-corrected chi connectivity index (χ1v) is 7.12. The van der Waals surface area contributed by atoms with Gasteiger partial charge in [-0.2, -0.15) is 5.10 Å². The maximum atomic E-state index is 12.1. The predicted molar refractivity (Wildman–Crippen MR) is 90.4 cm³/mol. The van der Waals surface area contributed by atoms with Gasteiger partial charge in [-0.3, -0.25) is 4.79 Å². The van der Waals surface area contributed by atoms with E-state index in [1.807, 2.05) is 24.3 Å². The lowest BCUT2D eigenvalue weighted by atomic mass is 10.1. The SMILES string of the molecule is O=C(N/N=C\c1ccc(O)c(O)c1)c1cc2ccccc2cc1O. The highest BCUT2D eigenvalue weighted by Gasteiger charge is 2.11. The van der Waals surface area contributed by atoms with Crippen LogP contribution in [0.5, 0.6) is 17.2 Å². The summed E-state index contributed by atoms with van der Waals surface area (Å²) in [5.74, 6) is -1.21. The minimum Gasteiger partial charge on any atom is -0.507 e. The van der Waals surface area contributed by atoms with E-state index in [2.05, 4.69) is 10.5 Å². The van der Waals surface area contributed by atoms with Crippen LogP contribution in [0.4, 0.5) is 0 Å². The molecule has 24 heavy (non-hydrogen) atoms. The molecule has 0 aliphatic rings. The van der Waals surface area contributed by atoms with E-state index in [1.54, 1.807) is 6.07 Å². The second-order valence-corrected chi connectivity index (χ2v) is 5.16. The molecule has 0 bridgehead atoms. The molecule has 0 aromatic heterocycles. The molecule has 3 aromatic carbocycles. The summed E-state index contributed by atoms with van der Waals surface area (Å²) >= 11 is 0. The van der Waals surface area contributed by atoms with E-state index < -0.39 is 5.91 Å². The van der Waals surface area contributed by atoms with Crippen molar-refractivity contribution in [3.05, 3.63) is 65.7 Å². The molecule has 6 heteroatoms. The minimum absolute atomic E-state index is 0.111. The van der Waals surface area contributed by atoms with Crippen LogP contribution in [0.15, 0.2) is 59.7 Å². The molecule has 3 rings (SSSR count). The van der Waals surface area contributed by atoms with Gasteiger partial charge in [0.2, 0.25) is 0 Å². The van der Waals surface area contributed by atoms with Crippen molar-refractivity contribution in [2.45, 2.75) is 0 Å². The average molecular weight is 322 g/mol. The second kappa shape index (κ2) is 6.29. The van der Waals surface area contributed by atoms with Crippen molar-refractivity contribution in [1.29, 1.82) is 0 Å². The number of hydrazone groups is 1. The first-order valence-electron chi connectivity index (χ1n) is 7.12. The molecule has 6 nitrogen and oxygen atoms in total. The second-order valence-electron chi connectivity index (χ2n) is 5.16. The molecular weight excluding hydrogens is 308 g/mol. The Balaban J connectivity index is 1.78. The molecule has 4 N–H and O–H groups in total. The molecule has 0 unspecified atom stereocenters. The Labute approximate surface area is 137 Å². The summed E-state index contributed by atoms with van der Waals surface area (Å²) in [5, 5.41) is 34.0. The minimum atomic E-state index is -0.558. The van der Waals surface area contributed by atoms with E-state index >= 15 is 0 Å². The average Bonchev–Trinajstić information content (AvgIpc) is 2.57. The van der Waals surface area contributed by atoms with Crippen LogP contribution in [0.3, 0.4) is 0 Å². The van der Waals surface area contributed by atoms with Crippen LogP contribution in [0.2, 0.25) is 0 Å². The molecule has 120 valence electrons. The maximum Gasteiger partial charge on any atom is 0.275 e. The molecule has 0 saturated heterocycles. The molecule has 0 aliphatic heterocycles. The van der Waals surface area contributed by atoms with E-state index in [0.29, 0.717) is 5.56 Å². The van der Waals surface area contributed by atoms with Gasteiger partial charge in [-0.15, -0.1) is 0 Å². The van der Waals surface area contributed by atoms with E-state index in [9.17, 15) is 20.1 Å². The summed E-state index contributed by atoms with van der Waals surface area (Å²) in [7, 11) is 0. The van der Waals surface area contributed by atoms with Gasteiger partial charge in [0.15, 0.2) is 11.5 Å². The highest BCUT2D eigenvalue weighted by atomic mass is 16.3. The van der Waals surface area contributed by atoms with Gasteiger partial charge < -0.3 is 15.3 Å². The highest BCUT2D eigenvalue weighted by molar-refractivity contribution is 6.01. The Kier molecular flexibility index (Phi) is 4.03. The lowest BCUT2D eigenvalue weighted by Gasteiger charge is -2.05. The number of rotatable bonds is 3. The van der Waals surface area contributed by atoms with Gasteiger partial charge in [-0.1, -0.05) is 24.3 Å². The zero-order valence-electron chi connectivity index (χ0n) is 12.5. The van der Waals surface area contributed by atoms with Gasteiger partial charge in [-0.05, 0) is 46.7 Å². The molecule has 3 aromatic rings. The van der Waals surface area contributed by atoms with E-state index in [0.717, 1.165) is 10.8 Å². The van der Waals surface area contributed by atoms with E-state index in [-0.39, 0.29) is 22.8 Å². The lowest BCUT2D eigenvalue weighted by molar-refractivity contribution is 0.0952. The summed E-state index contributed by atoms with van der Waals surface area (Å²) in [6.45, 7) is 0. The number of phenolic OH excluding ortho intramolecular Hbond substituents is 3. The van der Waals surface area contributed by atoms with Crippen molar-refractivity contribution in [2.24, 2.45) is 5.10 Å². The topological polar surface area (TPSA) is 102 Å². The van der Waals surface area contributed by atoms with Gasteiger partial charge in [0.25, 0.3) is 5.91 Å². The lowest BCUT2D eigenvalue weighted by Crippen LogP contribution is -2.17. The number of aromatic hydroxyl groups is 3. The molecule has 0 spiro atoms. The van der Waals surface area contributed by atoms with Gasteiger partial charge in [0, 0.05) is 0 Å².